The molecule has 0 radical (unpaired) electrons. The highest BCUT2D eigenvalue weighted by Gasteiger charge is 2.23. The first-order valence-electron chi connectivity index (χ1n) is 9.95. The summed E-state index contributed by atoms with van der Waals surface area (Å²) in [7, 11) is 1.65. The molecule has 3 rings (SSSR count). The van der Waals surface area contributed by atoms with Crippen LogP contribution < -0.4 is 4.74 Å². The molecular formula is C23H28N4O2. The number of aryl methyl sites for hydroxylation is 1. The molecular weight excluding hydrogens is 364 g/mol. The van der Waals surface area contributed by atoms with Crippen molar-refractivity contribution in [3.05, 3.63) is 52.9 Å². The van der Waals surface area contributed by atoms with Gasteiger partial charge in [-0.05, 0) is 62.4 Å². The summed E-state index contributed by atoms with van der Waals surface area (Å²) in [4.78, 5) is 17.0. The summed E-state index contributed by atoms with van der Waals surface area (Å²) < 4.78 is 7.35. The third kappa shape index (κ3) is 4.36. The Morgan fingerprint density at radius 2 is 1.83 bits per heavy atom. The number of hydrogen-bond acceptors (Lipinski definition) is 4. The van der Waals surface area contributed by atoms with Gasteiger partial charge in [0.1, 0.15) is 17.4 Å². The van der Waals surface area contributed by atoms with Gasteiger partial charge in [0.15, 0.2) is 0 Å². The molecule has 1 aromatic heterocycles. The number of ether oxygens (including phenoxy) is 1. The summed E-state index contributed by atoms with van der Waals surface area (Å²) in [5.41, 5.74) is 4.12. The standard InChI is InChI=1S/C23H28N4O2/c1-5-25-10-12-26(13-11-25)23(28)20(16-24)15-19-14-17(2)27(18(19)3)21-6-8-22(29-4)9-7-21/h6-9,14-15H,5,10-13H2,1-4H3/b20-15+. The average molecular weight is 393 g/mol. The molecule has 1 saturated heterocycles. The van der Waals surface area contributed by atoms with Crippen LogP contribution in [0.5, 0.6) is 5.75 Å². The van der Waals surface area contributed by atoms with Crippen LogP contribution >= 0.6 is 0 Å². The van der Waals surface area contributed by atoms with Gasteiger partial charge in [-0.3, -0.25) is 4.79 Å². The van der Waals surface area contributed by atoms with Gasteiger partial charge >= 0.3 is 0 Å². The highest BCUT2D eigenvalue weighted by atomic mass is 16.5. The maximum Gasteiger partial charge on any atom is 0.264 e. The molecule has 0 bridgehead atoms. The minimum atomic E-state index is -0.183. The molecule has 6 nitrogen and oxygen atoms in total. The number of methoxy groups -OCH3 is 1. The number of amides is 1. The zero-order valence-electron chi connectivity index (χ0n) is 17.6. The quantitative estimate of drug-likeness (QED) is 0.579. The van der Waals surface area contributed by atoms with Gasteiger partial charge in [0.2, 0.25) is 0 Å². The molecule has 0 saturated carbocycles. The van der Waals surface area contributed by atoms with E-state index in [2.05, 4.69) is 22.5 Å². The van der Waals surface area contributed by atoms with E-state index in [1.54, 1.807) is 18.1 Å². The Morgan fingerprint density at radius 3 is 2.38 bits per heavy atom. The van der Waals surface area contributed by atoms with E-state index in [9.17, 15) is 10.1 Å². The number of nitriles is 1. The number of carbonyl (C=O) groups excluding carboxylic acids is 1. The molecule has 0 spiro atoms. The fourth-order valence-corrected chi connectivity index (χ4v) is 3.80. The van der Waals surface area contributed by atoms with E-state index in [-0.39, 0.29) is 11.5 Å². The van der Waals surface area contributed by atoms with Gasteiger partial charge in [0, 0.05) is 43.3 Å². The second-order valence-electron chi connectivity index (χ2n) is 7.26. The summed E-state index contributed by atoms with van der Waals surface area (Å²) in [6.45, 7) is 10.2. The largest absolute Gasteiger partial charge is 0.497 e. The zero-order valence-corrected chi connectivity index (χ0v) is 17.6. The highest BCUT2D eigenvalue weighted by Crippen LogP contribution is 2.24. The van der Waals surface area contributed by atoms with Crippen LogP contribution in [0.1, 0.15) is 23.9 Å². The topological polar surface area (TPSA) is 61.5 Å². The van der Waals surface area contributed by atoms with Crippen molar-refractivity contribution >= 4 is 12.0 Å². The number of hydrogen-bond donors (Lipinski definition) is 0. The number of nitrogens with zero attached hydrogens (tertiary/aromatic N) is 4. The molecule has 6 heteroatoms. The van der Waals surface area contributed by atoms with E-state index in [0.717, 1.165) is 48.0 Å². The maximum absolute atomic E-state index is 12.9. The van der Waals surface area contributed by atoms with Crippen molar-refractivity contribution in [3.63, 3.8) is 0 Å². The number of benzene rings is 1. The molecule has 1 aromatic carbocycles. The number of carbonyl (C=O) groups is 1. The Bertz CT molecular complexity index is 942. The Hall–Kier alpha value is -3.04. The Labute approximate surface area is 172 Å². The Morgan fingerprint density at radius 1 is 1.17 bits per heavy atom. The van der Waals surface area contributed by atoms with Crippen molar-refractivity contribution in [3.8, 4) is 17.5 Å². The van der Waals surface area contributed by atoms with Crippen LogP contribution in [-0.2, 0) is 4.79 Å². The molecule has 0 atom stereocenters. The molecule has 0 unspecified atom stereocenters. The molecule has 1 aliphatic heterocycles. The molecule has 29 heavy (non-hydrogen) atoms. The second kappa shape index (κ2) is 8.97. The zero-order chi connectivity index (χ0) is 21.0. The first-order valence-corrected chi connectivity index (χ1v) is 9.95. The fraction of sp³-hybridized carbons (Fsp3) is 0.391. The van der Waals surface area contributed by atoms with Crippen LogP contribution in [-0.4, -0.2) is 60.1 Å². The van der Waals surface area contributed by atoms with Crippen molar-refractivity contribution in [2.75, 3.05) is 39.8 Å². The van der Waals surface area contributed by atoms with E-state index in [1.165, 1.54) is 0 Å². The lowest BCUT2D eigenvalue weighted by molar-refractivity contribution is -0.128. The lowest BCUT2D eigenvalue weighted by Crippen LogP contribution is -2.48. The average Bonchev–Trinajstić information content (AvgIpc) is 3.04. The SMILES string of the molecule is CCN1CCN(C(=O)/C(C#N)=C/c2cc(C)n(-c3ccc(OC)cc3)c2C)CC1. The fourth-order valence-electron chi connectivity index (χ4n) is 3.80. The van der Waals surface area contributed by atoms with Gasteiger partial charge in [-0.15, -0.1) is 0 Å². The van der Waals surface area contributed by atoms with Gasteiger partial charge in [0.25, 0.3) is 5.91 Å². The summed E-state index contributed by atoms with van der Waals surface area (Å²) in [5, 5.41) is 9.63. The van der Waals surface area contributed by atoms with E-state index in [0.29, 0.717) is 13.1 Å². The van der Waals surface area contributed by atoms with Crippen molar-refractivity contribution in [1.82, 2.24) is 14.4 Å². The lowest BCUT2D eigenvalue weighted by atomic mass is 10.1. The lowest BCUT2D eigenvalue weighted by Gasteiger charge is -2.33. The number of piperazine rings is 1. The van der Waals surface area contributed by atoms with Crippen LogP contribution in [0.25, 0.3) is 11.8 Å². The van der Waals surface area contributed by atoms with Crippen molar-refractivity contribution < 1.29 is 9.53 Å². The monoisotopic (exact) mass is 392 g/mol. The molecule has 0 N–H and O–H groups in total. The molecule has 152 valence electrons. The van der Waals surface area contributed by atoms with Gasteiger partial charge in [-0.2, -0.15) is 5.26 Å². The Balaban J connectivity index is 1.86. The summed E-state index contributed by atoms with van der Waals surface area (Å²) in [6, 6.07) is 12.0. The minimum Gasteiger partial charge on any atom is -0.497 e. The maximum atomic E-state index is 12.9. The third-order valence-corrected chi connectivity index (χ3v) is 5.56. The van der Waals surface area contributed by atoms with E-state index >= 15 is 0 Å². The van der Waals surface area contributed by atoms with Crippen LogP contribution in [0, 0.1) is 25.2 Å². The molecule has 1 fully saturated rings. The normalized spacial score (nSPS) is 15.3. The summed E-state index contributed by atoms with van der Waals surface area (Å²) in [5.74, 6) is 0.620. The van der Waals surface area contributed by atoms with E-state index in [4.69, 9.17) is 4.74 Å². The predicted molar refractivity (Wildman–Crippen MR) is 114 cm³/mol. The van der Waals surface area contributed by atoms with Gasteiger partial charge < -0.3 is 19.1 Å². The Kier molecular flexibility index (Phi) is 6.40. The molecule has 1 aliphatic rings. The van der Waals surface area contributed by atoms with Crippen LogP contribution in [0.4, 0.5) is 0 Å². The van der Waals surface area contributed by atoms with Crippen molar-refractivity contribution in [2.24, 2.45) is 0 Å². The smallest absolute Gasteiger partial charge is 0.264 e. The molecule has 2 heterocycles. The van der Waals surface area contributed by atoms with E-state index in [1.807, 2.05) is 44.2 Å². The van der Waals surface area contributed by atoms with Gasteiger partial charge in [0.05, 0.1) is 7.11 Å². The van der Waals surface area contributed by atoms with Crippen molar-refractivity contribution in [2.45, 2.75) is 20.8 Å². The molecule has 1 amide bonds. The van der Waals surface area contributed by atoms with Crippen LogP contribution in [0.2, 0.25) is 0 Å². The third-order valence-electron chi connectivity index (χ3n) is 5.56. The van der Waals surface area contributed by atoms with Gasteiger partial charge in [-0.1, -0.05) is 6.92 Å². The second-order valence-corrected chi connectivity index (χ2v) is 7.26. The first kappa shape index (κ1) is 20.7. The number of likely N-dealkylation sites (N-methyl/N-ethyl adjacent to an activating group) is 1. The highest BCUT2D eigenvalue weighted by molar-refractivity contribution is 6.01. The summed E-state index contributed by atoms with van der Waals surface area (Å²) in [6.07, 6.45) is 1.72. The predicted octanol–water partition coefficient (Wildman–Crippen LogP) is 3.17. The van der Waals surface area contributed by atoms with Crippen LogP contribution in [0.15, 0.2) is 35.9 Å². The molecule has 2 aromatic rings. The van der Waals surface area contributed by atoms with Crippen molar-refractivity contribution in [1.29, 1.82) is 5.26 Å². The minimum absolute atomic E-state index is 0.183. The number of rotatable bonds is 5. The van der Waals surface area contributed by atoms with Gasteiger partial charge in [-0.25, -0.2) is 0 Å². The van der Waals surface area contributed by atoms with E-state index < -0.39 is 0 Å². The first-order chi connectivity index (χ1) is 14.0. The summed E-state index contributed by atoms with van der Waals surface area (Å²) >= 11 is 0. The van der Waals surface area contributed by atoms with Crippen LogP contribution in [0.3, 0.4) is 0 Å². The molecule has 0 aliphatic carbocycles. The number of aromatic nitrogens is 1.